The number of aryl methyl sites for hydroxylation is 1. The highest BCUT2D eigenvalue weighted by Crippen LogP contribution is 2.54. The van der Waals surface area contributed by atoms with Crippen LogP contribution in [0.4, 0.5) is 10.2 Å². The number of rotatable bonds is 5. The first-order chi connectivity index (χ1) is 15.9. The summed E-state index contributed by atoms with van der Waals surface area (Å²) in [5, 5.41) is 11.8. The number of nitrogens with one attached hydrogen (secondary N) is 1. The van der Waals surface area contributed by atoms with Gasteiger partial charge >= 0.3 is 0 Å². The van der Waals surface area contributed by atoms with Crippen molar-refractivity contribution in [2.45, 2.75) is 57.2 Å². The monoisotopic (exact) mass is 451 g/mol. The molecule has 9 nitrogen and oxygen atoms in total. The molecule has 4 atom stereocenters. The van der Waals surface area contributed by atoms with E-state index < -0.39 is 11.9 Å². The second kappa shape index (κ2) is 7.36. The van der Waals surface area contributed by atoms with Crippen LogP contribution in [-0.4, -0.2) is 49.4 Å². The fourth-order valence-electron chi connectivity index (χ4n) is 4.98. The van der Waals surface area contributed by atoms with Gasteiger partial charge < -0.3 is 5.32 Å². The van der Waals surface area contributed by atoms with Crippen LogP contribution >= 0.6 is 0 Å². The Morgan fingerprint density at radius 3 is 2.82 bits per heavy atom. The first kappa shape index (κ1) is 20.3. The van der Waals surface area contributed by atoms with Gasteiger partial charge in [-0.3, -0.25) is 14.5 Å². The molecule has 2 aromatic heterocycles. The molecule has 0 aromatic carbocycles. The summed E-state index contributed by atoms with van der Waals surface area (Å²) in [4.78, 5) is 31.6. The lowest BCUT2D eigenvalue weighted by molar-refractivity contribution is -0.120. The van der Waals surface area contributed by atoms with E-state index in [2.05, 4.69) is 20.5 Å². The van der Waals surface area contributed by atoms with Crippen molar-refractivity contribution >= 4 is 17.6 Å². The van der Waals surface area contributed by atoms with E-state index >= 15 is 0 Å². The number of nitrogens with zero attached hydrogens (tertiary/aromatic N) is 6. The third-order valence-electron chi connectivity index (χ3n) is 7.28. The molecule has 33 heavy (non-hydrogen) atoms. The van der Waals surface area contributed by atoms with Crippen LogP contribution in [0.3, 0.4) is 0 Å². The lowest BCUT2D eigenvalue weighted by Gasteiger charge is -2.20. The number of hydrogen-bond acceptors (Lipinski definition) is 5. The van der Waals surface area contributed by atoms with E-state index in [9.17, 15) is 14.0 Å². The van der Waals surface area contributed by atoms with Crippen molar-refractivity contribution < 1.29 is 14.0 Å². The van der Waals surface area contributed by atoms with Gasteiger partial charge in [0.25, 0.3) is 11.8 Å². The van der Waals surface area contributed by atoms with Crippen LogP contribution in [0.2, 0.25) is 0 Å². The van der Waals surface area contributed by atoms with Gasteiger partial charge in [0.1, 0.15) is 24.0 Å². The van der Waals surface area contributed by atoms with E-state index in [1.807, 2.05) is 23.7 Å². The highest BCUT2D eigenvalue weighted by molar-refractivity contribution is 6.00. The number of halogens is 1. The van der Waals surface area contributed by atoms with E-state index in [1.165, 1.54) is 12.4 Å². The van der Waals surface area contributed by atoms with Crippen molar-refractivity contribution in [3.63, 3.8) is 0 Å². The third kappa shape index (κ3) is 3.48. The molecule has 0 saturated heterocycles. The zero-order valence-electron chi connectivity index (χ0n) is 18.6. The van der Waals surface area contributed by atoms with Crippen molar-refractivity contribution in [2.24, 2.45) is 11.8 Å². The molecule has 172 valence electrons. The fraction of sp³-hybridized carbons (Fsp3) is 0.522. The summed E-state index contributed by atoms with van der Waals surface area (Å²) in [6.45, 7) is 2.51. The van der Waals surface area contributed by atoms with Crippen molar-refractivity contribution in [1.29, 1.82) is 0 Å². The highest BCUT2D eigenvalue weighted by atomic mass is 19.1. The first-order valence-corrected chi connectivity index (χ1v) is 11.5. The Bertz CT molecular complexity index is 1210. The number of allylic oxidation sites excluding steroid dienone is 4. The van der Waals surface area contributed by atoms with Crippen LogP contribution in [0.1, 0.15) is 60.9 Å². The Hall–Kier alpha value is -3.30. The van der Waals surface area contributed by atoms with Gasteiger partial charge in [0, 0.05) is 31.5 Å². The normalized spacial score (nSPS) is 27.2. The lowest BCUT2D eigenvalue weighted by atomic mass is 9.98. The molecule has 2 fully saturated rings. The zero-order valence-corrected chi connectivity index (χ0v) is 18.6. The topological polar surface area (TPSA) is 97.9 Å². The summed E-state index contributed by atoms with van der Waals surface area (Å²) in [5.41, 5.74) is 2.14. The van der Waals surface area contributed by atoms with Crippen molar-refractivity contribution in [3.05, 3.63) is 47.5 Å². The highest BCUT2D eigenvalue weighted by Gasteiger charge is 2.46. The molecule has 3 aliphatic carbocycles. The summed E-state index contributed by atoms with van der Waals surface area (Å²) < 4.78 is 17.2. The summed E-state index contributed by atoms with van der Waals surface area (Å²) in [7, 11) is 1.71. The largest absolute Gasteiger partial charge is 0.337 e. The second-order valence-electron chi connectivity index (χ2n) is 9.53. The van der Waals surface area contributed by atoms with E-state index in [0.29, 0.717) is 18.9 Å². The number of likely N-dealkylation sites (N-methyl/N-ethyl adjacent to an activating group) is 1. The Labute approximate surface area is 190 Å². The van der Waals surface area contributed by atoms with Crippen molar-refractivity contribution in [1.82, 2.24) is 29.9 Å². The Kier molecular flexibility index (Phi) is 4.53. The molecule has 0 radical (unpaired) electrons. The predicted octanol–water partition coefficient (Wildman–Crippen LogP) is 2.51. The molecule has 0 bridgehead atoms. The summed E-state index contributed by atoms with van der Waals surface area (Å²) in [6, 6.07) is 1.18. The average Bonchev–Trinajstić information content (AvgIpc) is 3.72. The van der Waals surface area contributed by atoms with Gasteiger partial charge in [-0.1, -0.05) is 6.08 Å². The number of anilines is 1. The van der Waals surface area contributed by atoms with Gasteiger partial charge in [-0.2, -0.15) is 5.10 Å². The molecule has 1 aliphatic heterocycles. The molecule has 2 amide bonds. The minimum absolute atomic E-state index is 0.00739. The molecule has 6 rings (SSSR count). The minimum atomic E-state index is -0.681. The maximum atomic E-state index is 13.7. The maximum absolute atomic E-state index is 13.7. The standard InChI is InChI=1S/C23H26FN7O2/c1-12(14-5-6-17(24)16-9-15(14)16)31-11-25-21(28-31)22(32)26-18-7-8-30-20(29(2)23(18)33)10-19(27-30)13-3-4-13/h5-6,10-13,15-16,18H,3-4,7-9H2,1-2H3,(H,26,32)/t12?,15?,16-,18-/m0/s1. The molecule has 0 spiro atoms. The minimum Gasteiger partial charge on any atom is -0.337 e. The SMILES string of the molecule is CC(C1=CC=C(F)[C@H]2CC12)n1cnc(C(=O)N[C@H]2CCn3nc(C4CC4)cc3N(C)C2=O)n1. The third-order valence-corrected chi connectivity index (χ3v) is 7.28. The number of carbonyl (C=O) groups is 2. The Morgan fingerprint density at radius 2 is 2.03 bits per heavy atom. The van der Waals surface area contributed by atoms with E-state index in [-0.39, 0.29) is 35.4 Å². The first-order valence-electron chi connectivity index (χ1n) is 11.5. The van der Waals surface area contributed by atoms with Crippen molar-refractivity contribution in [3.8, 4) is 0 Å². The number of fused-ring (bicyclic) bond motifs is 2. The summed E-state index contributed by atoms with van der Waals surface area (Å²) in [5.74, 6) is 0.761. The Morgan fingerprint density at radius 1 is 1.21 bits per heavy atom. The average molecular weight is 452 g/mol. The molecular formula is C23H26FN7O2. The van der Waals surface area contributed by atoms with Gasteiger partial charge in [0.05, 0.1) is 11.7 Å². The molecule has 4 aliphatic rings. The molecule has 2 unspecified atom stereocenters. The van der Waals surface area contributed by atoms with Crippen LogP contribution in [-0.2, 0) is 11.3 Å². The van der Waals surface area contributed by atoms with E-state index in [1.54, 1.807) is 16.6 Å². The summed E-state index contributed by atoms with van der Waals surface area (Å²) in [6.07, 6.45) is 8.41. The van der Waals surface area contributed by atoms with Crippen LogP contribution in [0, 0.1) is 11.8 Å². The van der Waals surface area contributed by atoms with E-state index in [4.69, 9.17) is 0 Å². The second-order valence-corrected chi connectivity index (χ2v) is 9.53. The smallest absolute Gasteiger partial charge is 0.291 e. The predicted molar refractivity (Wildman–Crippen MR) is 117 cm³/mol. The molecule has 2 aromatic rings. The summed E-state index contributed by atoms with van der Waals surface area (Å²) >= 11 is 0. The molecule has 10 heteroatoms. The lowest BCUT2D eigenvalue weighted by Crippen LogP contribution is -2.47. The van der Waals surface area contributed by atoms with Gasteiger partial charge in [-0.15, -0.1) is 5.10 Å². The molecule has 1 N–H and O–H groups in total. The molecular weight excluding hydrogens is 425 g/mol. The quantitative estimate of drug-likeness (QED) is 0.753. The molecule has 2 saturated carbocycles. The van der Waals surface area contributed by atoms with Gasteiger partial charge in [0.15, 0.2) is 0 Å². The fourth-order valence-corrected chi connectivity index (χ4v) is 4.98. The van der Waals surface area contributed by atoms with Crippen LogP contribution in [0.15, 0.2) is 35.9 Å². The number of carbonyl (C=O) groups excluding carboxylic acids is 2. The van der Waals surface area contributed by atoms with Crippen LogP contribution in [0.5, 0.6) is 0 Å². The zero-order chi connectivity index (χ0) is 22.9. The van der Waals surface area contributed by atoms with Crippen LogP contribution in [0.25, 0.3) is 0 Å². The van der Waals surface area contributed by atoms with Gasteiger partial charge in [-0.05, 0) is 50.2 Å². The van der Waals surface area contributed by atoms with Gasteiger partial charge in [-0.25, -0.2) is 18.7 Å². The van der Waals surface area contributed by atoms with Gasteiger partial charge in [0.2, 0.25) is 5.82 Å². The van der Waals surface area contributed by atoms with E-state index in [0.717, 1.165) is 36.3 Å². The maximum Gasteiger partial charge on any atom is 0.291 e. The number of hydrogen-bond donors (Lipinski definition) is 1. The van der Waals surface area contributed by atoms with Crippen LogP contribution < -0.4 is 10.2 Å². The van der Waals surface area contributed by atoms with Crippen molar-refractivity contribution in [2.75, 3.05) is 11.9 Å². The Balaban J connectivity index is 1.14. The number of aromatic nitrogens is 5. The number of amides is 2. The molecule has 3 heterocycles.